The SMILES string of the molecule is CSc1ccc(CNC(=O)Nc2c(C)cc(C)cc2C)cc1. The first kappa shape index (κ1) is 16.4. The second-order valence-corrected chi connectivity index (χ2v) is 6.31. The Morgan fingerprint density at radius 3 is 2.18 bits per heavy atom. The molecule has 116 valence electrons. The van der Waals surface area contributed by atoms with E-state index in [9.17, 15) is 4.79 Å². The predicted molar refractivity (Wildman–Crippen MR) is 94.7 cm³/mol. The van der Waals surface area contributed by atoms with Crippen molar-refractivity contribution < 1.29 is 4.79 Å². The molecule has 0 unspecified atom stereocenters. The molecule has 0 aliphatic rings. The van der Waals surface area contributed by atoms with Gasteiger partial charge in [-0.15, -0.1) is 11.8 Å². The van der Waals surface area contributed by atoms with Crippen molar-refractivity contribution in [1.29, 1.82) is 0 Å². The average Bonchev–Trinajstić information content (AvgIpc) is 2.49. The van der Waals surface area contributed by atoms with Crippen LogP contribution in [0.4, 0.5) is 10.5 Å². The minimum Gasteiger partial charge on any atom is -0.334 e. The Kier molecular flexibility index (Phi) is 5.50. The molecule has 0 spiro atoms. The number of anilines is 1. The highest BCUT2D eigenvalue weighted by atomic mass is 32.2. The second kappa shape index (κ2) is 7.36. The molecule has 0 aliphatic heterocycles. The van der Waals surface area contributed by atoms with Gasteiger partial charge in [0, 0.05) is 17.1 Å². The maximum absolute atomic E-state index is 12.1. The van der Waals surface area contributed by atoms with E-state index in [1.165, 1.54) is 10.5 Å². The van der Waals surface area contributed by atoms with Gasteiger partial charge in [-0.1, -0.05) is 29.8 Å². The van der Waals surface area contributed by atoms with Gasteiger partial charge in [-0.05, 0) is 55.9 Å². The van der Waals surface area contributed by atoms with Crippen LogP contribution in [0.25, 0.3) is 0 Å². The summed E-state index contributed by atoms with van der Waals surface area (Å²) in [5.41, 5.74) is 5.34. The fourth-order valence-electron chi connectivity index (χ4n) is 2.46. The van der Waals surface area contributed by atoms with Gasteiger partial charge in [-0.25, -0.2) is 4.79 Å². The molecule has 2 N–H and O–H groups in total. The highest BCUT2D eigenvalue weighted by Gasteiger charge is 2.07. The van der Waals surface area contributed by atoms with Crippen LogP contribution in [0.1, 0.15) is 22.3 Å². The normalized spacial score (nSPS) is 10.4. The third-order valence-corrected chi connectivity index (χ3v) is 4.27. The lowest BCUT2D eigenvalue weighted by Crippen LogP contribution is -2.28. The fraction of sp³-hybridized carbons (Fsp3) is 0.278. The van der Waals surface area contributed by atoms with Gasteiger partial charge in [0.1, 0.15) is 0 Å². The number of carbonyl (C=O) groups is 1. The Labute approximate surface area is 136 Å². The van der Waals surface area contributed by atoms with E-state index in [4.69, 9.17) is 0 Å². The van der Waals surface area contributed by atoms with Gasteiger partial charge >= 0.3 is 6.03 Å². The number of carbonyl (C=O) groups excluding carboxylic acids is 1. The Morgan fingerprint density at radius 2 is 1.64 bits per heavy atom. The molecule has 0 radical (unpaired) electrons. The molecule has 0 atom stereocenters. The van der Waals surface area contributed by atoms with E-state index in [0.29, 0.717) is 6.54 Å². The van der Waals surface area contributed by atoms with Crippen LogP contribution in [0.2, 0.25) is 0 Å². The first-order valence-corrected chi connectivity index (χ1v) is 8.47. The standard InChI is InChI=1S/C18H22N2OS/c1-12-9-13(2)17(14(3)10-12)20-18(21)19-11-15-5-7-16(22-4)8-6-15/h5-10H,11H2,1-4H3,(H2,19,20,21). The van der Waals surface area contributed by atoms with Crippen LogP contribution in [0, 0.1) is 20.8 Å². The summed E-state index contributed by atoms with van der Waals surface area (Å²) in [5.74, 6) is 0. The zero-order chi connectivity index (χ0) is 16.1. The lowest BCUT2D eigenvalue weighted by Gasteiger charge is -2.13. The lowest BCUT2D eigenvalue weighted by molar-refractivity contribution is 0.251. The zero-order valence-corrected chi connectivity index (χ0v) is 14.3. The van der Waals surface area contributed by atoms with Gasteiger partial charge in [0.15, 0.2) is 0 Å². The monoisotopic (exact) mass is 314 g/mol. The van der Waals surface area contributed by atoms with Crippen molar-refractivity contribution >= 4 is 23.5 Å². The van der Waals surface area contributed by atoms with Crippen LogP contribution in [0.15, 0.2) is 41.3 Å². The number of rotatable bonds is 4. The summed E-state index contributed by atoms with van der Waals surface area (Å²) in [6.45, 7) is 6.60. The molecule has 4 heteroatoms. The molecule has 0 saturated heterocycles. The van der Waals surface area contributed by atoms with Crippen LogP contribution in [0.5, 0.6) is 0 Å². The van der Waals surface area contributed by atoms with Gasteiger partial charge in [-0.2, -0.15) is 0 Å². The van der Waals surface area contributed by atoms with E-state index in [2.05, 4.69) is 41.8 Å². The van der Waals surface area contributed by atoms with Crippen molar-refractivity contribution in [1.82, 2.24) is 5.32 Å². The summed E-state index contributed by atoms with van der Waals surface area (Å²) >= 11 is 1.71. The third kappa shape index (κ3) is 4.28. The molecule has 0 fully saturated rings. The zero-order valence-electron chi connectivity index (χ0n) is 13.5. The van der Waals surface area contributed by atoms with E-state index in [-0.39, 0.29) is 6.03 Å². The minimum absolute atomic E-state index is 0.177. The Hall–Kier alpha value is -1.94. The Bertz CT molecular complexity index is 642. The van der Waals surface area contributed by atoms with Crippen molar-refractivity contribution in [2.75, 3.05) is 11.6 Å². The van der Waals surface area contributed by atoms with Crippen LogP contribution < -0.4 is 10.6 Å². The molecule has 22 heavy (non-hydrogen) atoms. The summed E-state index contributed by atoms with van der Waals surface area (Å²) in [7, 11) is 0. The van der Waals surface area contributed by atoms with Crippen LogP contribution in [-0.2, 0) is 6.54 Å². The predicted octanol–water partition coefficient (Wildman–Crippen LogP) is 4.66. The minimum atomic E-state index is -0.177. The molecule has 2 aromatic carbocycles. The number of hydrogen-bond acceptors (Lipinski definition) is 2. The molecule has 0 saturated carbocycles. The second-order valence-electron chi connectivity index (χ2n) is 5.43. The maximum atomic E-state index is 12.1. The van der Waals surface area contributed by atoms with E-state index < -0.39 is 0 Å². The third-order valence-electron chi connectivity index (χ3n) is 3.53. The van der Waals surface area contributed by atoms with Gasteiger partial charge in [0.05, 0.1) is 0 Å². The average molecular weight is 314 g/mol. The topological polar surface area (TPSA) is 41.1 Å². The molecule has 0 aromatic heterocycles. The number of urea groups is 1. The highest BCUT2D eigenvalue weighted by Crippen LogP contribution is 2.21. The lowest BCUT2D eigenvalue weighted by atomic mass is 10.1. The number of amides is 2. The van der Waals surface area contributed by atoms with E-state index in [1.54, 1.807) is 11.8 Å². The first-order valence-electron chi connectivity index (χ1n) is 7.25. The van der Waals surface area contributed by atoms with E-state index in [1.807, 2.05) is 32.2 Å². The molecule has 0 aliphatic carbocycles. The molecule has 2 aromatic rings. The number of thioether (sulfide) groups is 1. The van der Waals surface area contributed by atoms with Crippen LogP contribution >= 0.6 is 11.8 Å². The molecular formula is C18H22N2OS. The smallest absolute Gasteiger partial charge is 0.319 e. The summed E-state index contributed by atoms with van der Waals surface area (Å²) in [5, 5.41) is 5.84. The van der Waals surface area contributed by atoms with E-state index in [0.717, 1.165) is 22.4 Å². The highest BCUT2D eigenvalue weighted by molar-refractivity contribution is 7.98. The molecule has 2 rings (SSSR count). The van der Waals surface area contributed by atoms with Gasteiger partial charge in [-0.3, -0.25) is 0 Å². The van der Waals surface area contributed by atoms with Crippen molar-refractivity contribution in [2.24, 2.45) is 0 Å². The molecule has 2 amide bonds. The van der Waals surface area contributed by atoms with Crippen molar-refractivity contribution in [2.45, 2.75) is 32.2 Å². The number of aryl methyl sites for hydroxylation is 3. The summed E-state index contributed by atoms with van der Waals surface area (Å²) < 4.78 is 0. The van der Waals surface area contributed by atoms with Crippen molar-refractivity contribution in [3.8, 4) is 0 Å². The molecule has 3 nitrogen and oxygen atoms in total. The van der Waals surface area contributed by atoms with Gasteiger partial charge in [0.2, 0.25) is 0 Å². The quantitative estimate of drug-likeness (QED) is 0.806. The number of nitrogens with one attached hydrogen (secondary N) is 2. The summed E-state index contributed by atoms with van der Waals surface area (Å²) in [6.07, 6.45) is 2.05. The van der Waals surface area contributed by atoms with Crippen LogP contribution in [-0.4, -0.2) is 12.3 Å². The van der Waals surface area contributed by atoms with Crippen molar-refractivity contribution in [3.05, 3.63) is 58.7 Å². The van der Waals surface area contributed by atoms with E-state index >= 15 is 0 Å². The molecular weight excluding hydrogens is 292 g/mol. The first-order chi connectivity index (χ1) is 10.5. The maximum Gasteiger partial charge on any atom is 0.319 e. The Morgan fingerprint density at radius 1 is 1.05 bits per heavy atom. The summed E-state index contributed by atoms with van der Waals surface area (Å²) in [4.78, 5) is 13.3. The van der Waals surface area contributed by atoms with Crippen molar-refractivity contribution in [3.63, 3.8) is 0 Å². The molecule has 0 bridgehead atoms. The summed E-state index contributed by atoms with van der Waals surface area (Å²) in [6, 6.07) is 12.2. The fourth-order valence-corrected chi connectivity index (χ4v) is 2.87. The Balaban J connectivity index is 1.95. The van der Waals surface area contributed by atoms with Gasteiger partial charge in [0.25, 0.3) is 0 Å². The van der Waals surface area contributed by atoms with Crippen LogP contribution in [0.3, 0.4) is 0 Å². The van der Waals surface area contributed by atoms with Gasteiger partial charge < -0.3 is 10.6 Å². The largest absolute Gasteiger partial charge is 0.334 e. The number of benzene rings is 2. The number of hydrogen-bond donors (Lipinski definition) is 2. The molecule has 0 heterocycles.